The fourth-order valence-electron chi connectivity index (χ4n) is 1.75. The van der Waals surface area contributed by atoms with Crippen molar-refractivity contribution in [3.05, 3.63) is 0 Å². The molecule has 1 rings (SSSR count). The molecule has 0 radical (unpaired) electrons. The molecule has 0 saturated carbocycles. The predicted octanol–water partition coefficient (Wildman–Crippen LogP) is 1.53. The highest BCUT2D eigenvalue weighted by Gasteiger charge is 2.14. The molecule has 2 N–H and O–H groups in total. The maximum atomic E-state index is 5.54. The van der Waals surface area contributed by atoms with Gasteiger partial charge in [-0.3, -0.25) is 0 Å². The molecule has 1 aliphatic rings. The Balaban J connectivity index is 1.84. The molecule has 1 aliphatic heterocycles. The predicted molar refractivity (Wildman–Crippen MR) is 64.2 cm³/mol. The summed E-state index contributed by atoms with van der Waals surface area (Å²) in [5.41, 5.74) is 0.245. The van der Waals surface area contributed by atoms with Gasteiger partial charge in [-0.1, -0.05) is 0 Å². The third-order valence-electron chi connectivity index (χ3n) is 2.58. The van der Waals surface area contributed by atoms with Crippen molar-refractivity contribution in [2.75, 3.05) is 26.2 Å². The molecule has 3 nitrogen and oxygen atoms in total. The van der Waals surface area contributed by atoms with Crippen molar-refractivity contribution in [3.63, 3.8) is 0 Å². The maximum Gasteiger partial charge on any atom is 0.0700 e. The molecular weight excluding hydrogens is 188 g/mol. The van der Waals surface area contributed by atoms with Crippen LogP contribution in [-0.2, 0) is 4.74 Å². The molecular formula is C12H26N2O. The van der Waals surface area contributed by atoms with Gasteiger partial charge in [0.25, 0.3) is 0 Å². The van der Waals surface area contributed by atoms with Crippen molar-refractivity contribution in [2.24, 2.45) is 0 Å². The normalized spacial score (nSPS) is 22.2. The van der Waals surface area contributed by atoms with Crippen molar-refractivity contribution in [3.8, 4) is 0 Å². The average molecular weight is 214 g/mol. The minimum Gasteiger partial charge on any atom is -0.377 e. The zero-order chi connectivity index (χ0) is 11.1. The summed E-state index contributed by atoms with van der Waals surface area (Å²) in [5.74, 6) is 0. The van der Waals surface area contributed by atoms with Crippen LogP contribution in [0, 0.1) is 0 Å². The Bertz CT molecular complexity index is 159. The third kappa shape index (κ3) is 6.88. The van der Waals surface area contributed by atoms with Gasteiger partial charge in [0.15, 0.2) is 0 Å². The number of hydrogen-bond acceptors (Lipinski definition) is 3. The van der Waals surface area contributed by atoms with Gasteiger partial charge in [-0.05, 0) is 53.1 Å². The van der Waals surface area contributed by atoms with Crippen LogP contribution in [0.3, 0.4) is 0 Å². The van der Waals surface area contributed by atoms with Gasteiger partial charge < -0.3 is 15.4 Å². The Morgan fingerprint density at radius 2 is 2.07 bits per heavy atom. The third-order valence-corrected chi connectivity index (χ3v) is 2.58. The number of ether oxygens (including phenoxy) is 1. The summed E-state index contributed by atoms with van der Waals surface area (Å²) >= 11 is 0. The Kier molecular flexibility index (Phi) is 5.58. The first-order valence-corrected chi connectivity index (χ1v) is 6.15. The molecule has 90 valence electrons. The smallest absolute Gasteiger partial charge is 0.0700 e. The van der Waals surface area contributed by atoms with Gasteiger partial charge in [0.1, 0.15) is 0 Å². The zero-order valence-electron chi connectivity index (χ0n) is 10.4. The van der Waals surface area contributed by atoms with E-state index < -0.39 is 0 Å². The fraction of sp³-hybridized carbons (Fsp3) is 1.00. The molecule has 0 aliphatic carbocycles. The van der Waals surface area contributed by atoms with Crippen LogP contribution in [0.1, 0.15) is 40.0 Å². The monoisotopic (exact) mass is 214 g/mol. The van der Waals surface area contributed by atoms with Gasteiger partial charge >= 0.3 is 0 Å². The lowest BCUT2D eigenvalue weighted by Gasteiger charge is -2.20. The van der Waals surface area contributed by atoms with Gasteiger partial charge in [-0.25, -0.2) is 0 Å². The van der Waals surface area contributed by atoms with Crippen LogP contribution in [0.25, 0.3) is 0 Å². The average Bonchev–Trinajstić information content (AvgIpc) is 2.61. The van der Waals surface area contributed by atoms with E-state index in [9.17, 15) is 0 Å². The fourth-order valence-corrected chi connectivity index (χ4v) is 1.75. The summed E-state index contributed by atoms with van der Waals surface area (Å²) < 4.78 is 5.54. The van der Waals surface area contributed by atoms with Gasteiger partial charge in [-0.15, -0.1) is 0 Å². The molecule has 0 aromatic carbocycles. The van der Waals surface area contributed by atoms with Crippen molar-refractivity contribution in [1.82, 2.24) is 10.6 Å². The van der Waals surface area contributed by atoms with Gasteiger partial charge in [-0.2, -0.15) is 0 Å². The van der Waals surface area contributed by atoms with Gasteiger partial charge in [0, 0.05) is 18.7 Å². The molecule has 1 saturated heterocycles. The SMILES string of the molecule is CC(C)(C)NCCCNC[C@@H]1CCCO1. The Morgan fingerprint density at radius 1 is 1.27 bits per heavy atom. The van der Waals surface area contributed by atoms with Crippen LogP contribution < -0.4 is 10.6 Å². The molecule has 0 unspecified atom stereocenters. The summed E-state index contributed by atoms with van der Waals surface area (Å²) in [6.45, 7) is 10.8. The number of hydrogen-bond donors (Lipinski definition) is 2. The van der Waals surface area contributed by atoms with E-state index >= 15 is 0 Å². The summed E-state index contributed by atoms with van der Waals surface area (Å²) in [5, 5.41) is 6.93. The standard InChI is InChI=1S/C12H26N2O/c1-12(2,3)14-8-5-7-13-10-11-6-4-9-15-11/h11,13-14H,4-10H2,1-3H3/t11-/m0/s1. The molecule has 0 aromatic heterocycles. The summed E-state index contributed by atoms with van der Waals surface area (Å²) in [6, 6.07) is 0. The van der Waals surface area contributed by atoms with Crippen LogP contribution in [0.4, 0.5) is 0 Å². The van der Waals surface area contributed by atoms with Crippen molar-refractivity contribution < 1.29 is 4.74 Å². The minimum absolute atomic E-state index is 0.245. The quantitative estimate of drug-likeness (QED) is 0.658. The van der Waals surface area contributed by atoms with E-state index in [0.29, 0.717) is 6.10 Å². The van der Waals surface area contributed by atoms with E-state index in [1.807, 2.05) is 0 Å². The molecule has 0 spiro atoms. The van der Waals surface area contributed by atoms with Crippen LogP contribution in [0.15, 0.2) is 0 Å². The topological polar surface area (TPSA) is 33.3 Å². The second-order valence-corrected chi connectivity index (χ2v) is 5.37. The summed E-state index contributed by atoms with van der Waals surface area (Å²) in [4.78, 5) is 0. The van der Waals surface area contributed by atoms with Crippen molar-refractivity contribution >= 4 is 0 Å². The highest BCUT2D eigenvalue weighted by molar-refractivity contribution is 4.71. The summed E-state index contributed by atoms with van der Waals surface area (Å²) in [6.07, 6.45) is 4.12. The van der Waals surface area contributed by atoms with Crippen molar-refractivity contribution in [2.45, 2.75) is 51.7 Å². The Labute approximate surface area is 94.0 Å². The molecule has 0 bridgehead atoms. The van der Waals surface area contributed by atoms with Gasteiger partial charge in [0.05, 0.1) is 6.10 Å². The van der Waals surface area contributed by atoms with Crippen LogP contribution in [0.5, 0.6) is 0 Å². The van der Waals surface area contributed by atoms with Gasteiger partial charge in [0.2, 0.25) is 0 Å². The van der Waals surface area contributed by atoms with E-state index in [1.165, 1.54) is 19.3 Å². The lowest BCUT2D eigenvalue weighted by Crippen LogP contribution is -2.37. The zero-order valence-corrected chi connectivity index (χ0v) is 10.4. The molecule has 3 heteroatoms. The van der Waals surface area contributed by atoms with E-state index in [-0.39, 0.29) is 5.54 Å². The highest BCUT2D eigenvalue weighted by Crippen LogP contribution is 2.10. The van der Waals surface area contributed by atoms with Crippen molar-refractivity contribution in [1.29, 1.82) is 0 Å². The molecule has 15 heavy (non-hydrogen) atoms. The largest absolute Gasteiger partial charge is 0.377 e. The lowest BCUT2D eigenvalue weighted by molar-refractivity contribution is 0.110. The molecule has 1 fully saturated rings. The van der Waals surface area contributed by atoms with E-state index in [1.54, 1.807) is 0 Å². The van der Waals surface area contributed by atoms with E-state index in [4.69, 9.17) is 4.74 Å². The van der Waals surface area contributed by atoms with E-state index in [2.05, 4.69) is 31.4 Å². The maximum absolute atomic E-state index is 5.54. The molecule has 1 atom stereocenters. The molecule has 0 aromatic rings. The van der Waals surface area contributed by atoms with Crippen LogP contribution in [0.2, 0.25) is 0 Å². The van der Waals surface area contributed by atoms with E-state index in [0.717, 1.165) is 26.2 Å². The Morgan fingerprint density at radius 3 is 2.67 bits per heavy atom. The molecule has 1 heterocycles. The second-order valence-electron chi connectivity index (χ2n) is 5.37. The minimum atomic E-state index is 0.245. The first-order chi connectivity index (χ1) is 7.08. The Hall–Kier alpha value is -0.120. The number of rotatable bonds is 6. The lowest BCUT2D eigenvalue weighted by atomic mass is 10.1. The van der Waals surface area contributed by atoms with Crippen LogP contribution >= 0.6 is 0 Å². The second kappa shape index (κ2) is 6.46. The summed E-state index contributed by atoms with van der Waals surface area (Å²) in [7, 11) is 0. The number of nitrogens with one attached hydrogen (secondary N) is 2. The molecule has 0 amide bonds. The first kappa shape index (κ1) is 12.9. The first-order valence-electron chi connectivity index (χ1n) is 6.15. The van der Waals surface area contributed by atoms with Crippen LogP contribution in [-0.4, -0.2) is 37.9 Å². The highest BCUT2D eigenvalue weighted by atomic mass is 16.5.